The third-order valence-corrected chi connectivity index (χ3v) is 5.40. The van der Waals surface area contributed by atoms with Crippen LogP contribution in [0.15, 0.2) is 18.6 Å². The number of rotatable bonds is 6. The molecular weight excluding hydrogens is 360 g/mol. The summed E-state index contributed by atoms with van der Waals surface area (Å²) in [6, 6.07) is 0.785. The van der Waals surface area contributed by atoms with Gasteiger partial charge < -0.3 is 19.9 Å². The topological polar surface area (TPSA) is 90.9 Å². The van der Waals surface area contributed by atoms with Crippen LogP contribution in [0.25, 0.3) is 0 Å². The number of likely N-dealkylation sites (tertiary alicyclic amines) is 1. The lowest BCUT2D eigenvalue weighted by molar-refractivity contribution is 0.0188. The first kappa shape index (κ1) is 20.5. The maximum atomic E-state index is 12.3. The molecule has 0 aromatic carbocycles. The summed E-state index contributed by atoms with van der Waals surface area (Å²) in [6.45, 7) is 4.30. The summed E-state index contributed by atoms with van der Waals surface area (Å²) in [5, 5.41) is 2.94. The van der Waals surface area contributed by atoms with Gasteiger partial charge in [-0.1, -0.05) is 0 Å². The van der Waals surface area contributed by atoms with E-state index >= 15 is 0 Å². The van der Waals surface area contributed by atoms with Crippen molar-refractivity contribution >= 4 is 11.9 Å². The van der Waals surface area contributed by atoms with Crippen molar-refractivity contribution in [2.75, 3.05) is 53.5 Å². The lowest BCUT2D eigenvalue weighted by Gasteiger charge is -2.38. The van der Waals surface area contributed by atoms with Crippen molar-refractivity contribution in [1.82, 2.24) is 30.0 Å². The Morgan fingerprint density at radius 1 is 1.21 bits per heavy atom. The van der Waals surface area contributed by atoms with Gasteiger partial charge in [-0.2, -0.15) is 0 Å². The van der Waals surface area contributed by atoms with Crippen LogP contribution < -0.4 is 5.32 Å². The van der Waals surface area contributed by atoms with Crippen LogP contribution >= 0.6 is 0 Å². The highest BCUT2D eigenvalue weighted by atomic mass is 16.5. The molecule has 0 radical (unpaired) electrons. The molecule has 9 nitrogen and oxygen atoms in total. The van der Waals surface area contributed by atoms with E-state index in [2.05, 4.69) is 20.2 Å². The van der Waals surface area contributed by atoms with Crippen LogP contribution in [-0.4, -0.2) is 102 Å². The minimum Gasteiger partial charge on any atom is -0.381 e. The molecule has 3 rings (SSSR count). The van der Waals surface area contributed by atoms with Gasteiger partial charge in [0.05, 0.1) is 6.20 Å². The van der Waals surface area contributed by atoms with Gasteiger partial charge in [-0.3, -0.25) is 14.7 Å². The van der Waals surface area contributed by atoms with Gasteiger partial charge in [0.2, 0.25) is 0 Å². The van der Waals surface area contributed by atoms with Gasteiger partial charge in [0.1, 0.15) is 5.69 Å². The number of amides is 3. The Morgan fingerprint density at radius 2 is 2.00 bits per heavy atom. The molecular formula is C19H30N6O3. The predicted molar refractivity (Wildman–Crippen MR) is 104 cm³/mol. The number of nitrogens with zero attached hydrogens (tertiary/aromatic N) is 5. The second-order valence-corrected chi connectivity index (χ2v) is 7.49. The van der Waals surface area contributed by atoms with Crippen molar-refractivity contribution in [3.63, 3.8) is 0 Å². The molecule has 28 heavy (non-hydrogen) atoms. The zero-order valence-corrected chi connectivity index (χ0v) is 16.7. The first-order valence-corrected chi connectivity index (χ1v) is 9.90. The zero-order chi connectivity index (χ0) is 19.9. The molecule has 3 amide bonds. The fourth-order valence-electron chi connectivity index (χ4n) is 3.95. The second kappa shape index (κ2) is 9.79. The summed E-state index contributed by atoms with van der Waals surface area (Å²) in [4.78, 5) is 38.5. The third kappa shape index (κ3) is 5.17. The van der Waals surface area contributed by atoms with Gasteiger partial charge in [0.15, 0.2) is 0 Å². The van der Waals surface area contributed by atoms with E-state index in [-0.39, 0.29) is 11.9 Å². The maximum Gasteiger partial charge on any atom is 0.319 e. The average Bonchev–Trinajstić information content (AvgIpc) is 3.21. The number of carbonyl (C=O) groups is 2. The highest BCUT2D eigenvalue weighted by Crippen LogP contribution is 2.23. The van der Waals surface area contributed by atoms with Crippen LogP contribution in [0.5, 0.6) is 0 Å². The molecule has 1 unspecified atom stereocenters. The lowest BCUT2D eigenvalue weighted by atomic mass is 10.0. The Balaban J connectivity index is 1.58. The minimum absolute atomic E-state index is 0.0605. The average molecular weight is 390 g/mol. The summed E-state index contributed by atoms with van der Waals surface area (Å²) in [7, 11) is 3.57. The molecule has 1 atom stereocenters. The molecule has 1 N–H and O–H groups in total. The standard InChI is InChI=1S/C19H30N6O3/c1-23(2)19(27)24-9-3-16(14-24)25(15-4-11-28-12-5-15)10-8-22-18(26)17-13-20-6-7-21-17/h6-7,13,15-16H,3-5,8-12,14H2,1-2H3,(H,22,26). The van der Waals surface area contributed by atoms with Crippen LogP contribution in [0.1, 0.15) is 29.8 Å². The van der Waals surface area contributed by atoms with E-state index in [1.165, 1.54) is 12.4 Å². The Bertz CT molecular complexity index is 650. The van der Waals surface area contributed by atoms with Crippen molar-refractivity contribution in [2.45, 2.75) is 31.3 Å². The van der Waals surface area contributed by atoms with E-state index in [1.54, 1.807) is 25.2 Å². The number of hydrogen-bond donors (Lipinski definition) is 1. The molecule has 3 heterocycles. The molecule has 1 aromatic rings. The lowest BCUT2D eigenvalue weighted by Crippen LogP contribution is -2.50. The van der Waals surface area contributed by atoms with Gasteiger partial charge in [0.25, 0.3) is 5.91 Å². The largest absolute Gasteiger partial charge is 0.381 e. The van der Waals surface area contributed by atoms with Crippen molar-refractivity contribution < 1.29 is 14.3 Å². The monoisotopic (exact) mass is 390 g/mol. The highest BCUT2D eigenvalue weighted by molar-refractivity contribution is 5.91. The quantitative estimate of drug-likeness (QED) is 0.758. The predicted octanol–water partition coefficient (Wildman–Crippen LogP) is 0.443. The summed E-state index contributed by atoms with van der Waals surface area (Å²) in [6.07, 6.45) is 7.44. The summed E-state index contributed by atoms with van der Waals surface area (Å²) in [5.41, 5.74) is 0.323. The van der Waals surface area contributed by atoms with E-state index in [4.69, 9.17) is 4.74 Å². The Hall–Kier alpha value is -2.26. The summed E-state index contributed by atoms with van der Waals surface area (Å²) >= 11 is 0. The van der Waals surface area contributed by atoms with Gasteiger partial charge in [-0.05, 0) is 19.3 Å². The Kier molecular flexibility index (Phi) is 7.16. The number of carbonyl (C=O) groups excluding carboxylic acids is 2. The van der Waals surface area contributed by atoms with Crippen LogP contribution in [-0.2, 0) is 4.74 Å². The van der Waals surface area contributed by atoms with Crippen molar-refractivity contribution in [1.29, 1.82) is 0 Å². The molecule has 0 aliphatic carbocycles. The molecule has 9 heteroatoms. The second-order valence-electron chi connectivity index (χ2n) is 7.49. The van der Waals surface area contributed by atoms with E-state index < -0.39 is 0 Å². The normalized spacial score (nSPS) is 20.4. The number of hydrogen-bond acceptors (Lipinski definition) is 6. The van der Waals surface area contributed by atoms with Gasteiger partial charge in [-0.15, -0.1) is 0 Å². The Morgan fingerprint density at radius 3 is 2.68 bits per heavy atom. The van der Waals surface area contributed by atoms with Crippen LogP contribution in [0.2, 0.25) is 0 Å². The number of nitrogens with one attached hydrogen (secondary N) is 1. The molecule has 2 fully saturated rings. The van der Waals surface area contributed by atoms with Crippen LogP contribution in [0, 0.1) is 0 Å². The molecule has 154 valence electrons. The summed E-state index contributed by atoms with van der Waals surface area (Å²) in [5.74, 6) is -0.212. The molecule has 2 aliphatic rings. The molecule has 0 saturated carbocycles. The van der Waals surface area contributed by atoms with E-state index in [0.717, 1.165) is 52.1 Å². The van der Waals surface area contributed by atoms with Crippen molar-refractivity contribution in [3.05, 3.63) is 24.3 Å². The van der Waals surface area contributed by atoms with Gasteiger partial charge in [-0.25, -0.2) is 9.78 Å². The van der Waals surface area contributed by atoms with E-state index in [0.29, 0.717) is 24.3 Å². The minimum atomic E-state index is -0.212. The van der Waals surface area contributed by atoms with Crippen molar-refractivity contribution in [2.24, 2.45) is 0 Å². The fourth-order valence-corrected chi connectivity index (χ4v) is 3.95. The fraction of sp³-hybridized carbons (Fsp3) is 0.684. The van der Waals surface area contributed by atoms with Crippen LogP contribution in [0.3, 0.4) is 0 Å². The van der Waals surface area contributed by atoms with Crippen molar-refractivity contribution in [3.8, 4) is 0 Å². The SMILES string of the molecule is CN(C)C(=O)N1CCC(N(CCNC(=O)c2cnccn2)C2CCOCC2)C1. The first-order chi connectivity index (χ1) is 13.6. The number of aromatic nitrogens is 2. The zero-order valence-electron chi connectivity index (χ0n) is 16.7. The first-order valence-electron chi connectivity index (χ1n) is 9.90. The third-order valence-electron chi connectivity index (χ3n) is 5.40. The molecule has 2 aliphatic heterocycles. The maximum absolute atomic E-state index is 12.3. The number of ether oxygens (including phenoxy) is 1. The van der Waals surface area contributed by atoms with E-state index in [9.17, 15) is 9.59 Å². The summed E-state index contributed by atoms with van der Waals surface area (Å²) < 4.78 is 5.52. The Labute approximate surface area is 166 Å². The molecule has 2 saturated heterocycles. The number of urea groups is 1. The van der Waals surface area contributed by atoms with Crippen LogP contribution in [0.4, 0.5) is 4.79 Å². The molecule has 1 aromatic heterocycles. The van der Waals surface area contributed by atoms with Gasteiger partial charge in [0, 0.05) is 78.0 Å². The molecule has 0 bridgehead atoms. The smallest absolute Gasteiger partial charge is 0.319 e. The highest BCUT2D eigenvalue weighted by Gasteiger charge is 2.34. The molecule has 0 spiro atoms. The van der Waals surface area contributed by atoms with E-state index in [1.807, 2.05) is 4.90 Å². The van der Waals surface area contributed by atoms with Gasteiger partial charge >= 0.3 is 6.03 Å².